The molecule has 0 unspecified atom stereocenters. The second-order valence-corrected chi connectivity index (χ2v) is 5.96. The highest BCUT2D eigenvalue weighted by molar-refractivity contribution is 9.10. The molecule has 1 rings (SSSR count). The summed E-state index contributed by atoms with van der Waals surface area (Å²) in [5.74, 6) is 0.934. The van der Waals surface area contributed by atoms with Crippen LogP contribution in [0.1, 0.15) is 38.2 Å². The third-order valence-corrected chi connectivity index (χ3v) is 3.97. The molecule has 3 nitrogen and oxygen atoms in total. The Balaban J connectivity index is 2.08. The molecule has 0 saturated heterocycles. The van der Waals surface area contributed by atoms with Gasteiger partial charge in [0.25, 0.3) is 0 Å². The molecule has 0 heterocycles. The van der Waals surface area contributed by atoms with Crippen LogP contribution in [-0.4, -0.2) is 33.4 Å². The summed E-state index contributed by atoms with van der Waals surface area (Å²) < 4.78 is 11.6. The Kier molecular flexibility index (Phi) is 10.6. The quantitative estimate of drug-likeness (QED) is 0.569. The molecule has 0 saturated carbocycles. The molecule has 1 aromatic carbocycles. The largest absolute Gasteiger partial charge is 0.493 e. The van der Waals surface area contributed by atoms with Crippen molar-refractivity contribution >= 4 is 15.9 Å². The zero-order valence-corrected chi connectivity index (χ0v) is 14.9. The van der Waals surface area contributed by atoms with Gasteiger partial charge in [0.05, 0.1) is 17.7 Å². The summed E-state index contributed by atoms with van der Waals surface area (Å²) in [4.78, 5) is 0. The lowest BCUT2D eigenvalue weighted by atomic mass is 10.1. The van der Waals surface area contributed by atoms with E-state index in [1.165, 1.54) is 31.2 Å². The molecule has 0 amide bonds. The van der Waals surface area contributed by atoms with Crippen molar-refractivity contribution in [3.8, 4) is 5.75 Å². The lowest BCUT2D eigenvalue weighted by Gasteiger charge is -2.08. The van der Waals surface area contributed by atoms with Crippen LogP contribution in [0.25, 0.3) is 0 Å². The van der Waals surface area contributed by atoms with E-state index in [-0.39, 0.29) is 0 Å². The minimum atomic E-state index is 0.705. The van der Waals surface area contributed by atoms with Gasteiger partial charge in [-0.25, -0.2) is 0 Å². The van der Waals surface area contributed by atoms with Gasteiger partial charge in [-0.05, 0) is 66.4 Å². The van der Waals surface area contributed by atoms with Gasteiger partial charge in [0.1, 0.15) is 5.75 Å². The number of ether oxygens (including phenoxy) is 2. The topological polar surface area (TPSA) is 30.5 Å². The van der Waals surface area contributed by atoms with Gasteiger partial charge >= 0.3 is 0 Å². The molecule has 120 valence electrons. The monoisotopic (exact) mass is 357 g/mol. The van der Waals surface area contributed by atoms with Crippen LogP contribution in [0.5, 0.6) is 5.75 Å². The molecule has 0 aromatic heterocycles. The van der Waals surface area contributed by atoms with E-state index in [0.29, 0.717) is 6.61 Å². The summed E-state index contributed by atoms with van der Waals surface area (Å²) in [6.45, 7) is 5.56. The van der Waals surface area contributed by atoms with Crippen molar-refractivity contribution < 1.29 is 9.47 Å². The van der Waals surface area contributed by atoms with Crippen molar-refractivity contribution in [2.24, 2.45) is 0 Å². The van der Waals surface area contributed by atoms with Crippen molar-refractivity contribution in [2.75, 3.05) is 33.4 Å². The Bertz CT molecular complexity index is 385. The van der Waals surface area contributed by atoms with Crippen molar-refractivity contribution in [1.29, 1.82) is 0 Å². The molecule has 21 heavy (non-hydrogen) atoms. The maximum absolute atomic E-state index is 5.53. The predicted octanol–water partition coefficient (Wildman–Crippen LogP) is 4.19. The molecule has 0 aliphatic heterocycles. The maximum atomic E-state index is 5.53. The van der Waals surface area contributed by atoms with E-state index >= 15 is 0 Å². The highest BCUT2D eigenvalue weighted by Crippen LogP contribution is 2.26. The van der Waals surface area contributed by atoms with Crippen LogP contribution in [0.2, 0.25) is 0 Å². The second kappa shape index (κ2) is 12.0. The molecule has 0 atom stereocenters. The van der Waals surface area contributed by atoms with Crippen molar-refractivity contribution in [3.63, 3.8) is 0 Å². The fraction of sp³-hybridized carbons (Fsp3) is 0.647. The van der Waals surface area contributed by atoms with Crippen LogP contribution >= 0.6 is 15.9 Å². The van der Waals surface area contributed by atoms with Gasteiger partial charge < -0.3 is 14.8 Å². The molecule has 0 fully saturated rings. The number of hydrogen-bond acceptors (Lipinski definition) is 3. The smallest absolute Gasteiger partial charge is 0.133 e. The fourth-order valence-electron chi connectivity index (χ4n) is 2.20. The second-order valence-electron chi connectivity index (χ2n) is 5.10. The number of benzene rings is 1. The van der Waals surface area contributed by atoms with Gasteiger partial charge in [-0.3, -0.25) is 0 Å². The van der Waals surface area contributed by atoms with Gasteiger partial charge in [0, 0.05) is 13.7 Å². The molecule has 0 spiro atoms. The third kappa shape index (κ3) is 8.44. The number of rotatable bonds is 12. The number of hydrogen-bond donors (Lipinski definition) is 1. The van der Waals surface area contributed by atoms with Gasteiger partial charge in [-0.1, -0.05) is 18.9 Å². The molecular weight excluding hydrogens is 330 g/mol. The summed E-state index contributed by atoms with van der Waals surface area (Å²) in [6, 6.07) is 6.40. The first-order valence-electron chi connectivity index (χ1n) is 7.88. The van der Waals surface area contributed by atoms with Crippen molar-refractivity contribution in [1.82, 2.24) is 5.32 Å². The van der Waals surface area contributed by atoms with E-state index in [1.807, 2.05) is 6.92 Å². The first-order valence-corrected chi connectivity index (χ1v) is 8.68. The average molecular weight is 358 g/mol. The van der Waals surface area contributed by atoms with Crippen LogP contribution in [0.15, 0.2) is 22.7 Å². The van der Waals surface area contributed by atoms with Gasteiger partial charge in [-0.15, -0.1) is 0 Å². The minimum Gasteiger partial charge on any atom is -0.493 e. The first-order chi connectivity index (χ1) is 10.3. The normalized spacial score (nSPS) is 10.8. The summed E-state index contributed by atoms with van der Waals surface area (Å²) in [5.41, 5.74) is 1.38. The molecule has 0 aliphatic rings. The molecule has 0 radical (unpaired) electrons. The van der Waals surface area contributed by atoms with E-state index in [4.69, 9.17) is 9.47 Å². The molecular formula is C17H28BrNO2. The van der Waals surface area contributed by atoms with Crippen molar-refractivity contribution in [3.05, 3.63) is 28.2 Å². The van der Waals surface area contributed by atoms with Crippen LogP contribution in [0.3, 0.4) is 0 Å². The fourth-order valence-corrected chi connectivity index (χ4v) is 2.74. The third-order valence-electron chi connectivity index (χ3n) is 3.35. The highest BCUT2D eigenvalue weighted by Gasteiger charge is 2.02. The van der Waals surface area contributed by atoms with Gasteiger partial charge in [0.15, 0.2) is 0 Å². The Morgan fingerprint density at radius 2 is 1.90 bits per heavy atom. The molecule has 1 aromatic rings. The Morgan fingerprint density at radius 1 is 1.10 bits per heavy atom. The average Bonchev–Trinajstić information content (AvgIpc) is 2.48. The summed E-state index contributed by atoms with van der Waals surface area (Å²) in [7, 11) is 1.74. The zero-order chi connectivity index (χ0) is 15.3. The van der Waals surface area contributed by atoms with E-state index in [1.54, 1.807) is 7.11 Å². The number of nitrogens with one attached hydrogen (secondary N) is 1. The Labute approximate surface area is 137 Å². The maximum Gasteiger partial charge on any atom is 0.133 e. The van der Waals surface area contributed by atoms with Crippen LogP contribution in [-0.2, 0) is 11.2 Å². The summed E-state index contributed by atoms with van der Waals surface area (Å²) in [5, 5.41) is 3.38. The zero-order valence-electron chi connectivity index (χ0n) is 13.3. The number of unbranched alkanes of at least 4 members (excludes halogenated alkanes) is 3. The van der Waals surface area contributed by atoms with E-state index in [2.05, 4.69) is 39.4 Å². The molecule has 0 aliphatic carbocycles. The standard InChI is InChI=1S/C17H28BrNO2/c1-3-21-17-10-9-15(14-16(17)18)8-6-4-5-7-11-19-12-13-20-2/h9-10,14,19H,3-8,11-13H2,1-2H3. The number of halogens is 1. The van der Waals surface area contributed by atoms with Crippen molar-refractivity contribution in [2.45, 2.75) is 39.0 Å². The molecule has 4 heteroatoms. The summed E-state index contributed by atoms with van der Waals surface area (Å²) >= 11 is 3.57. The van der Waals surface area contributed by atoms with E-state index in [0.717, 1.165) is 36.3 Å². The lowest BCUT2D eigenvalue weighted by molar-refractivity contribution is 0.199. The Morgan fingerprint density at radius 3 is 2.62 bits per heavy atom. The number of methoxy groups -OCH3 is 1. The van der Waals surface area contributed by atoms with E-state index < -0.39 is 0 Å². The molecule has 0 bridgehead atoms. The van der Waals surface area contributed by atoms with Crippen LogP contribution in [0.4, 0.5) is 0 Å². The van der Waals surface area contributed by atoms with Crippen LogP contribution < -0.4 is 10.1 Å². The Hall–Kier alpha value is -0.580. The van der Waals surface area contributed by atoms with E-state index in [9.17, 15) is 0 Å². The SMILES string of the molecule is CCOc1ccc(CCCCCCNCCOC)cc1Br. The predicted molar refractivity (Wildman–Crippen MR) is 92.2 cm³/mol. The lowest BCUT2D eigenvalue weighted by Crippen LogP contribution is -2.20. The summed E-state index contributed by atoms with van der Waals surface area (Å²) in [6.07, 6.45) is 6.21. The highest BCUT2D eigenvalue weighted by atomic mass is 79.9. The van der Waals surface area contributed by atoms with Crippen LogP contribution in [0, 0.1) is 0 Å². The number of aryl methyl sites for hydroxylation is 1. The van der Waals surface area contributed by atoms with Gasteiger partial charge in [0.2, 0.25) is 0 Å². The molecule has 1 N–H and O–H groups in total. The van der Waals surface area contributed by atoms with Gasteiger partial charge in [-0.2, -0.15) is 0 Å². The minimum absolute atomic E-state index is 0.705. The first kappa shape index (κ1) is 18.5.